The summed E-state index contributed by atoms with van der Waals surface area (Å²) in [4.78, 5) is 13.7. The number of hydrogen-bond donors (Lipinski definition) is 0. The first-order chi connectivity index (χ1) is 12.8. The van der Waals surface area contributed by atoms with Gasteiger partial charge in [-0.25, -0.2) is 4.79 Å². The maximum Gasteiger partial charge on any atom is 0.338 e. The smallest absolute Gasteiger partial charge is 0.338 e. The van der Waals surface area contributed by atoms with Crippen molar-refractivity contribution in [3.05, 3.63) is 102 Å². The van der Waals surface area contributed by atoms with Gasteiger partial charge in [0.2, 0.25) is 0 Å². The van der Waals surface area contributed by atoms with E-state index in [9.17, 15) is 4.79 Å². The van der Waals surface area contributed by atoms with Crippen LogP contribution in [0.4, 0.5) is 0 Å². The molecule has 0 amide bonds. The van der Waals surface area contributed by atoms with Crippen molar-refractivity contribution in [3.8, 4) is 0 Å². The number of esters is 1. The van der Waals surface area contributed by atoms with Crippen LogP contribution >= 0.6 is 11.8 Å². The molecule has 0 heterocycles. The van der Waals surface area contributed by atoms with E-state index in [-0.39, 0.29) is 12.1 Å². The molecule has 0 aliphatic carbocycles. The van der Waals surface area contributed by atoms with Crippen molar-refractivity contribution < 1.29 is 9.53 Å². The lowest BCUT2D eigenvalue weighted by atomic mass is 10.1. The number of carbonyl (C=O) groups excluding carboxylic acids is 1. The topological polar surface area (TPSA) is 26.3 Å². The Bertz CT molecular complexity index is 788. The first kappa shape index (κ1) is 18.3. The minimum Gasteiger partial charge on any atom is -0.454 e. The van der Waals surface area contributed by atoms with Crippen molar-refractivity contribution in [2.45, 2.75) is 23.8 Å². The van der Waals surface area contributed by atoms with Crippen LogP contribution in [0.15, 0.2) is 95.9 Å². The summed E-state index contributed by atoms with van der Waals surface area (Å²) in [5, 5.41) is 0. The summed E-state index contributed by atoms with van der Waals surface area (Å²) >= 11 is 1.83. The van der Waals surface area contributed by atoms with Gasteiger partial charge in [-0.2, -0.15) is 0 Å². The molecular formula is C23H22O2S. The second-order valence-electron chi connectivity index (χ2n) is 5.97. The molecule has 3 heteroatoms. The van der Waals surface area contributed by atoms with Crippen LogP contribution in [0.2, 0.25) is 0 Å². The zero-order valence-corrected chi connectivity index (χ0v) is 15.4. The fraction of sp³-hybridized carbons (Fsp3) is 0.174. The van der Waals surface area contributed by atoms with E-state index in [0.717, 1.165) is 24.2 Å². The molecule has 3 rings (SSSR count). The van der Waals surface area contributed by atoms with E-state index < -0.39 is 0 Å². The fourth-order valence-corrected chi connectivity index (χ4v) is 3.60. The molecule has 26 heavy (non-hydrogen) atoms. The zero-order valence-electron chi connectivity index (χ0n) is 14.6. The highest BCUT2D eigenvalue weighted by Crippen LogP contribution is 2.26. The van der Waals surface area contributed by atoms with Crippen LogP contribution in [0.5, 0.6) is 0 Å². The number of carbonyl (C=O) groups is 1. The van der Waals surface area contributed by atoms with Gasteiger partial charge in [0, 0.05) is 4.90 Å². The van der Waals surface area contributed by atoms with Gasteiger partial charge in [0.25, 0.3) is 0 Å². The Morgan fingerprint density at radius 2 is 1.38 bits per heavy atom. The van der Waals surface area contributed by atoms with Gasteiger partial charge >= 0.3 is 5.97 Å². The van der Waals surface area contributed by atoms with Crippen molar-refractivity contribution in [1.29, 1.82) is 0 Å². The standard InChI is InChI=1S/C23H22O2S/c24-23(20-13-6-2-7-14-20)25-22(19-11-4-1-5-12-19)17-10-18-26-21-15-8-3-9-16-21/h1-9,11-16,22H,10,17-18H2. The molecular weight excluding hydrogens is 340 g/mol. The van der Waals surface area contributed by atoms with Crippen LogP contribution in [0.1, 0.15) is 34.9 Å². The van der Waals surface area contributed by atoms with E-state index in [2.05, 4.69) is 24.3 Å². The maximum atomic E-state index is 12.5. The van der Waals surface area contributed by atoms with Crippen LogP contribution in [0, 0.1) is 0 Å². The molecule has 0 fully saturated rings. The minimum atomic E-state index is -0.268. The number of thioether (sulfide) groups is 1. The quantitative estimate of drug-likeness (QED) is 0.273. The van der Waals surface area contributed by atoms with Crippen LogP contribution < -0.4 is 0 Å². The first-order valence-corrected chi connectivity index (χ1v) is 9.80. The fourth-order valence-electron chi connectivity index (χ4n) is 2.71. The van der Waals surface area contributed by atoms with Crippen molar-refractivity contribution in [1.82, 2.24) is 0 Å². The van der Waals surface area contributed by atoms with Gasteiger partial charge in [0.1, 0.15) is 6.10 Å². The average molecular weight is 362 g/mol. The van der Waals surface area contributed by atoms with Crippen LogP contribution in [-0.2, 0) is 4.74 Å². The highest BCUT2D eigenvalue weighted by Gasteiger charge is 2.17. The second-order valence-corrected chi connectivity index (χ2v) is 7.14. The normalized spacial score (nSPS) is 11.7. The van der Waals surface area contributed by atoms with Crippen molar-refractivity contribution in [3.63, 3.8) is 0 Å². The summed E-state index contributed by atoms with van der Waals surface area (Å²) in [7, 11) is 0. The van der Waals surface area contributed by atoms with Gasteiger partial charge in [0.15, 0.2) is 0 Å². The highest BCUT2D eigenvalue weighted by atomic mass is 32.2. The van der Waals surface area contributed by atoms with E-state index in [0.29, 0.717) is 5.56 Å². The summed E-state index contributed by atoms with van der Waals surface area (Å²) in [6, 6.07) is 29.5. The Morgan fingerprint density at radius 1 is 0.808 bits per heavy atom. The van der Waals surface area contributed by atoms with Crippen molar-refractivity contribution in [2.24, 2.45) is 0 Å². The van der Waals surface area contributed by atoms with E-state index >= 15 is 0 Å². The van der Waals surface area contributed by atoms with E-state index in [1.807, 2.05) is 66.4 Å². The molecule has 0 spiro atoms. The number of ether oxygens (including phenoxy) is 1. The molecule has 0 saturated carbocycles. The first-order valence-electron chi connectivity index (χ1n) is 8.82. The minimum absolute atomic E-state index is 0.222. The van der Waals surface area contributed by atoms with Crippen molar-refractivity contribution in [2.75, 3.05) is 5.75 Å². The predicted octanol–water partition coefficient (Wildman–Crippen LogP) is 6.16. The molecule has 0 aliphatic rings. The lowest BCUT2D eigenvalue weighted by Gasteiger charge is -2.18. The lowest BCUT2D eigenvalue weighted by molar-refractivity contribution is 0.0276. The zero-order chi connectivity index (χ0) is 18.0. The second kappa shape index (κ2) is 9.83. The molecule has 3 aromatic carbocycles. The van der Waals surface area contributed by atoms with E-state index in [1.54, 1.807) is 12.1 Å². The number of rotatable bonds is 8. The molecule has 2 nitrogen and oxygen atoms in total. The molecule has 1 atom stereocenters. The number of benzene rings is 3. The Morgan fingerprint density at radius 3 is 2.04 bits per heavy atom. The molecule has 0 aliphatic heterocycles. The van der Waals surface area contributed by atoms with Crippen LogP contribution in [-0.4, -0.2) is 11.7 Å². The molecule has 0 saturated heterocycles. The van der Waals surface area contributed by atoms with Gasteiger partial charge in [0.05, 0.1) is 5.56 Å². The van der Waals surface area contributed by atoms with E-state index in [1.165, 1.54) is 4.90 Å². The third kappa shape index (κ3) is 5.50. The van der Waals surface area contributed by atoms with Crippen molar-refractivity contribution >= 4 is 17.7 Å². The summed E-state index contributed by atoms with van der Waals surface area (Å²) in [6.45, 7) is 0. The molecule has 0 aromatic heterocycles. The molecule has 132 valence electrons. The largest absolute Gasteiger partial charge is 0.454 e. The van der Waals surface area contributed by atoms with Gasteiger partial charge in [-0.3, -0.25) is 0 Å². The summed E-state index contributed by atoms with van der Waals surface area (Å²) in [5.74, 6) is 0.728. The maximum absolute atomic E-state index is 12.5. The Labute approximate surface area is 159 Å². The lowest BCUT2D eigenvalue weighted by Crippen LogP contribution is -2.12. The Kier molecular flexibility index (Phi) is 6.91. The van der Waals surface area contributed by atoms with Crippen LogP contribution in [0.3, 0.4) is 0 Å². The Hall–Kier alpha value is -2.52. The van der Waals surface area contributed by atoms with Crippen LogP contribution in [0.25, 0.3) is 0 Å². The third-order valence-corrected chi connectivity index (χ3v) is 5.15. The monoisotopic (exact) mass is 362 g/mol. The van der Waals surface area contributed by atoms with Gasteiger partial charge in [-0.1, -0.05) is 66.7 Å². The highest BCUT2D eigenvalue weighted by molar-refractivity contribution is 7.99. The molecule has 3 aromatic rings. The van der Waals surface area contributed by atoms with Gasteiger partial charge in [-0.05, 0) is 48.4 Å². The summed E-state index contributed by atoms with van der Waals surface area (Å²) in [6.07, 6.45) is 1.56. The molecule has 0 bridgehead atoms. The SMILES string of the molecule is O=C(OC(CCCSc1ccccc1)c1ccccc1)c1ccccc1. The van der Waals surface area contributed by atoms with E-state index in [4.69, 9.17) is 4.74 Å². The average Bonchev–Trinajstić information content (AvgIpc) is 2.72. The third-order valence-electron chi connectivity index (χ3n) is 4.05. The molecule has 0 radical (unpaired) electrons. The molecule has 1 unspecified atom stereocenters. The summed E-state index contributed by atoms with van der Waals surface area (Å²) in [5.41, 5.74) is 1.63. The molecule has 0 N–H and O–H groups in total. The van der Waals surface area contributed by atoms with Gasteiger partial charge < -0.3 is 4.74 Å². The Balaban J connectivity index is 1.59. The predicted molar refractivity (Wildman–Crippen MR) is 107 cm³/mol. The van der Waals surface area contributed by atoms with Gasteiger partial charge in [-0.15, -0.1) is 11.8 Å². The summed E-state index contributed by atoms with van der Waals surface area (Å²) < 4.78 is 5.83. The number of hydrogen-bond acceptors (Lipinski definition) is 3.